The van der Waals surface area contributed by atoms with Crippen molar-refractivity contribution in [2.45, 2.75) is 19.4 Å². The first-order valence-electron chi connectivity index (χ1n) is 7.73. The van der Waals surface area contributed by atoms with Gasteiger partial charge in [-0.25, -0.2) is 0 Å². The zero-order valence-electron chi connectivity index (χ0n) is 14.0. The maximum Gasteiger partial charge on any atom is 0.224 e. The number of anilines is 1. The lowest BCUT2D eigenvalue weighted by Gasteiger charge is -2.11. The summed E-state index contributed by atoms with van der Waals surface area (Å²) in [6.45, 7) is 0.855. The van der Waals surface area contributed by atoms with Crippen molar-refractivity contribution in [3.05, 3.63) is 59.7 Å². The number of methoxy groups -OCH3 is 1. The van der Waals surface area contributed by atoms with Gasteiger partial charge in [-0.05, 0) is 55.9 Å². The Morgan fingerprint density at radius 3 is 2.57 bits per heavy atom. The van der Waals surface area contributed by atoms with E-state index in [0.717, 1.165) is 23.5 Å². The van der Waals surface area contributed by atoms with Crippen molar-refractivity contribution < 1.29 is 9.53 Å². The van der Waals surface area contributed by atoms with E-state index in [4.69, 9.17) is 4.74 Å². The monoisotopic (exact) mass is 312 g/mol. The lowest BCUT2D eigenvalue weighted by Crippen LogP contribution is -2.14. The third kappa shape index (κ3) is 5.75. The van der Waals surface area contributed by atoms with Crippen molar-refractivity contribution in [2.24, 2.45) is 0 Å². The summed E-state index contributed by atoms with van der Waals surface area (Å²) in [6, 6.07) is 15.8. The summed E-state index contributed by atoms with van der Waals surface area (Å²) in [7, 11) is 5.70. The molecule has 2 aromatic rings. The molecule has 4 nitrogen and oxygen atoms in total. The van der Waals surface area contributed by atoms with E-state index in [2.05, 4.69) is 16.3 Å². The van der Waals surface area contributed by atoms with Crippen molar-refractivity contribution in [3.8, 4) is 5.75 Å². The van der Waals surface area contributed by atoms with Gasteiger partial charge in [0.25, 0.3) is 0 Å². The van der Waals surface area contributed by atoms with Gasteiger partial charge in [0.15, 0.2) is 0 Å². The molecule has 2 rings (SSSR count). The number of aryl methyl sites for hydroxylation is 1. The number of benzene rings is 2. The van der Waals surface area contributed by atoms with E-state index in [1.807, 2.05) is 56.6 Å². The van der Waals surface area contributed by atoms with Crippen molar-refractivity contribution in [1.82, 2.24) is 4.90 Å². The fourth-order valence-electron chi connectivity index (χ4n) is 2.42. The minimum absolute atomic E-state index is 0.0230. The van der Waals surface area contributed by atoms with Gasteiger partial charge in [-0.15, -0.1) is 0 Å². The molecular formula is C19H24N2O2. The average Bonchev–Trinajstić information content (AvgIpc) is 2.53. The summed E-state index contributed by atoms with van der Waals surface area (Å²) in [6.07, 6.45) is 1.14. The number of rotatable bonds is 7. The minimum atomic E-state index is 0.0230. The first-order chi connectivity index (χ1) is 11.1. The molecule has 23 heavy (non-hydrogen) atoms. The Balaban J connectivity index is 1.89. The summed E-state index contributed by atoms with van der Waals surface area (Å²) < 4.78 is 5.20. The minimum Gasteiger partial charge on any atom is -0.497 e. The van der Waals surface area contributed by atoms with Crippen LogP contribution in [0.1, 0.15) is 17.5 Å². The van der Waals surface area contributed by atoms with E-state index in [-0.39, 0.29) is 5.91 Å². The molecule has 0 radical (unpaired) electrons. The Kier molecular flexibility index (Phi) is 6.18. The van der Waals surface area contributed by atoms with Gasteiger partial charge in [0.05, 0.1) is 7.11 Å². The second-order valence-corrected chi connectivity index (χ2v) is 5.84. The Morgan fingerprint density at radius 2 is 1.83 bits per heavy atom. The maximum absolute atomic E-state index is 12.1. The summed E-state index contributed by atoms with van der Waals surface area (Å²) in [4.78, 5) is 14.2. The molecule has 1 N–H and O–H groups in total. The van der Waals surface area contributed by atoms with Crippen molar-refractivity contribution in [2.75, 3.05) is 26.5 Å². The zero-order chi connectivity index (χ0) is 16.7. The van der Waals surface area contributed by atoms with Crippen LogP contribution in [0.25, 0.3) is 0 Å². The molecule has 0 unspecified atom stereocenters. The van der Waals surface area contributed by atoms with E-state index < -0.39 is 0 Å². The molecule has 0 bridgehead atoms. The van der Waals surface area contributed by atoms with Crippen LogP contribution >= 0.6 is 0 Å². The van der Waals surface area contributed by atoms with Crippen LogP contribution in [0.2, 0.25) is 0 Å². The highest BCUT2D eigenvalue weighted by atomic mass is 16.5. The van der Waals surface area contributed by atoms with Gasteiger partial charge in [0.1, 0.15) is 5.75 Å². The molecule has 0 saturated heterocycles. The molecule has 0 aliphatic rings. The van der Waals surface area contributed by atoms with E-state index in [0.29, 0.717) is 12.8 Å². The van der Waals surface area contributed by atoms with Crippen LogP contribution < -0.4 is 10.1 Å². The highest BCUT2D eigenvalue weighted by Gasteiger charge is 2.05. The highest BCUT2D eigenvalue weighted by molar-refractivity contribution is 5.90. The van der Waals surface area contributed by atoms with Crippen LogP contribution in [0.15, 0.2) is 48.5 Å². The van der Waals surface area contributed by atoms with Gasteiger partial charge < -0.3 is 15.0 Å². The maximum atomic E-state index is 12.1. The summed E-state index contributed by atoms with van der Waals surface area (Å²) in [5, 5.41) is 2.97. The Hall–Kier alpha value is -2.33. The lowest BCUT2D eigenvalue weighted by molar-refractivity contribution is -0.116. The highest BCUT2D eigenvalue weighted by Crippen LogP contribution is 2.15. The fraction of sp³-hybridized carbons (Fsp3) is 0.316. The normalized spacial score (nSPS) is 10.6. The molecule has 2 aromatic carbocycles. The topological polar surface area (TPSA) is 41.6 Å². The predicted octanol–water partition coefficient (Wildman–Crippen LogP) is 3.33. The van der Waals surface area contributed by atoms with E-state index in [1.54, 1.807) is 7.11 Å². The molecule has 0 spiro atoms. The molecule has 0 saturated carbocycles. The Bertz CT molecular complexity index is 653. The number of carbonyl (C=O) groups is 1. The number of ether oxygens (including phenoxy) is 1. The number of amides is 1. The van der Waals surface area contributed by atoms with Gasteiger partial charge in [0, 0.05) is 18.7 Å². The predicted molar refractivity (Wildman–Crippen MR) is 93.8 cm³/mol. The SMILES string of the molecule is COc1cccc(CCC(=O)Nc2cccc(CN(C)C)c2)c1. The second-order valence-electron chi connectivity index (χ2n) is 5.84. The smallest absolute Gasteiger partial charge is 0.224 e. The first-order valence-corrected chi connectivity index (χ1v) is 7.73. The molecule has 0 aliphatic carbocycles. The average molecular weight is 312 g/mol. The molecule has 122 valence electrons. The standard InChI is InChI=1S/C19H24N2O2/c1-21(2)14-16-7-4-8-17(12-16)20-19(22)11-10-15-6-5-9-18(13-15)23-3/h4-9,12-13H,10-11,14H2,1-3H3,(H,20,22). The number of hydrogen-bond acceptors (Lipinski definition) is 3. The summed E-state index contributed by atoms with van der Waals surface area (Å²) in [5.74, 6) is 0.842. The van der Waals surface area contributed by atoms with Crippen LogP contribution in [0.3, 0.4) is 0 Å². The number of hydrogen-bond donors (Lipinski definition) is 1. The molecule has 0 heterocycles. The van der Waals surface area contributed by atoms with Gasteiger partial charge in [0.2, 0.25) is 5.91 Å². The molecule has 4 heteroatoms. The first kappa shape index (κ1) is 17.0. The second kappa shape index (κ2) is 8.34. The van der Waals surface area contributed by atoms with Gasteiger partial charge in [-0.2, -0.15) is 0 Å². The van der Waals surface area contributed by atoms with Crippen LogP contribution in [-0.2, 0) is 17.8 Å². The van der Waals surface area contributed by atoms with Gasteiger partial charge in [-0.3, -0.25) is 4.79 Å². The quantitative estimate of drug-likeness (QED) is 0.852. The fourth-order valence-corrected chi connectivity index (χ4v) is 2.42. The summed E-state index contributed by atoms with van der Waals surface area (Å²) >= 11 is 0. The molecule has 0 aromatic heterocycles. The lowest BCUT2D eigenvalue weighted by atomic mass is 10.1. The van der Waals surface area contributed by atoms with Gasteiger partial charge in [-0.1, -0.05) is 24.3 Å². The van der Waals surface area contributed by atoms with Crippen LogP contribution in [0.5, 0.6) is 5.75 Å². The van der Waals surface area contributed by atoms with Crippen LogP contribution in [-0.4, -0.2) is 32.0 Å². The van der Waals surface area contributed by atoms with E-state index in [1.165, 1.54) is 5.56 Å². The largest absolute Gasteiger partial charge is 0.497 e. The van der Waals surface area contributed by atoms with Crippen molar-refractivity contribution >= 4 is 11.6 Å². The number of carbonyl (C=O) groups excluding carboxylic acids is 1. The molecule has 1 amide bonds. The third-order valence-electron chi connectivity index (χ3n) is 3.48. The van der Waals surface area contributed by atoms with E-state index in [9.17, 15) is 4.79 Å². The van der Waals surface area contributed by atoms with Crippen molar-refractivity contribution in [1.29, 1.82) is 0 Å². The number of nitrogens with zero attached hydrogens (tertiary/aromatic N) is 1. The Labute approximate surface area is 138 Å². The molecule has 0 fully saturated rings. The molecule has 0 atom stereocenters. The molecular weight excluding hydrogens is 288 g/mol. The number of nitrogens with one attached hydrogen (secondary N) is 1. The van der Waals surface area contributed by atoms with Crippen molar-refractivity contribution in [3.63, 3.8) is 0 Å². The zero-order valence-corrected chi connectivity index (χ0v) is 14.0. The Morgan fingerprint density at radius 1 is 1.09 bits per heavy atom. The van der Waals surface area contributed by atoms with Gasteiger partial charge >= 0.3 is 0 Å². The summed E-state index contributed by atoms with van der Waals surface area (Å²) in [5.41, 5.74) is 3.13. The van der Waals surface area contributed by atoms with E-state index >= 15 is 0 Å². The van der Waals surface area contributed by atoms with Crippen LogP contribution in [0.4, 0.5) is 5.69 Å². The third-order valence-corrected chi connectivity index (χ3v) is 3.48. The van der Waals surface area contributed by atoms with Crippen LogP contribution in [0, 0.1) is 0 Å². The molecule has 0 aliphatic heterocycles.